The van der Waals surface area contributed by atoms with Crippen molar-refractivity contribution in [3.63, 3.8) is 0 Å². The van der Waals surface area contributed by atoms with Gasteiger partial charge in [0.25, 0.3) is 0 Å². The summed E-state index contributed by atoms with van der Waals surface area (Å²) in [6.45, 7) is 1.83. The molecular formula is C16H13NO5. The Morgan fingerprint density at radius 1 is 1.23 bits per heavy atom. The van der Waals surface area contributed by atoms with E-state index in [-0.39, 0.29) is 35.1 Å². The number of nitrogens with zero attached hydrogens (tertiary/aromatic N) is 1. The predicted molar refractivity (Wildman–Crippen MR) is 78.7 cm³/mol. The quantitative estimate of drug-likeness (QED) is 0.570. The molecule has 0 aliphatic carbocycles. The van der Waals surface area contributed by atoms with E-state index in [2.05, 4.69) is 4.98 Å². The van der Waals surface area contributed by atoms with Crippen LogP contribution >= 0.6 is 0 Å². The summed E-state index contributed by atoms with van der Waals surface area (Å²) >= 11 is 0. The number of hydrogen-bond acceptors (Lipinski definition) is 6. The Bertz CT molecular complexity index is 820. The zero-order valence-corrected chi connectivity index (χ0v) is 11.7. The van der Waals surface area contributed by atoms with Crippen LogP contribution in [0.3, 0.4) is 0 Å². The summed E-state index contributed by atoms with van der Waals surface area (Å²) in [4.78, 5) is 15.9. The Kier molecular flexibility index (Phi) is 3.42. The van der Waals surface area contributed by atoms with Gasteiger partial charge in [-0.15, -0.1) is 0 Å². The highest BCUT2D eigenvalue weighted by Crippen LogP contribution is 2.36. The van der Waals surface area contributed by atoms with Crippen molar-refractivity contribution in [2.45, 2.75) is 6.92 Å². The molecule has 0 amide bonds. The fraction of sp³-hybridized carbons (Fsp3) is 0.125. The molecule has 1 aromatic heterocycles. The molecule has 2 aromatic carbocycles. The van der Waals surface area contributed by atoms with Gasteiger partial charge in [0.2, 0.25) is 5.89 Å². The summed E-state index contributed by atoms with van der Waals surface area (Å²) in [7, 11) is 0. The van der Waals surface area contributed by atoms with E-state index in [9.17, 15) is 15.0 Å². The first kappa shape index (κ1) is 13.9. The summed E-state index contributed by atoms with van der Waals surface area (Å²) in [6.07, 6.45) is 0. The fourth-order valence-electron chi connectivity index (χ4n) is 2.11. The second-order valence-corrected chi connectivity index (χ2v) is 4.59. The SMILES string of the molecule is CCOC(=O)c1cc(O)c(-c2nc3ccccc3o2)cc1O. The second kappa shape index (κ2) is 5.40. The van der Waals surface area contributed by atoms with Crippen LogP contribution in [0.15, 0.2) is 40.8 Å². The zero-order chi connectivity index (χ0) is 15.7. The van der Waals surface area contributed by atoms with Gasteiger partial charge in [-0.3, -0.25) is 0 Å². The molecule has 0 saturated heterocycles. The van der Waals surface area contributed by atoms with E-state index in [0.717, 1.165) is 6.07 Å². The maximum Gasteiger partial charge on any atom is 0.342 e. The highest BCUT2D eigenvalue weighted by molar-refractivity contribution is 5.94. The summed E-state index contributed by atoms with van der Waals surface area (Å²) in [5.41, 5.74) is 1.28. The van der Waals surface area contributed by atoms with E-state index < -0.39 is 5.97 Å². The van der Waals surface area contributed by atoms with Crippen molar-refractivity contribution in [3.05, 3.63) is 42.0 Å². The van der Waals surface area contributed by atoms with Crippen LogP contribution in [0, 0.1) is 0 Å². The molecule has 0 atom stereocenters. The van der Waals surface area contributed by atoms with E-state index in [4.69, 9.17) is 9.15 Å². The largest absolute Gasteiger partial charge is 0.507 e. The Balaban J connectivity index is 2.08. The molecule has 0 unspecified atom stereocenters. The lowest BCUT2D eigenvalue weighted by Gasteiger charge is -2.07. The molecule has 0 aliphatic heterocycles. The normalized spacial score (nSPS) is 10.8. The topological polar surface area (TPSA) is 92.8 Å². The van der Waals surface area contributed by atoms with Gasteiger partial charge in [0.15, 0.2) is 5.58 Å². The third kappa shape index (κ3) is 2.35. The monoisotopic (exact) mass is 299 g/mol. The molecule has 3 rings (SSSR count). The van der Waals surface area contributed by atoms with Crippen molar-refractivity contribution in [3.8, 4) is 23.0 Å². The minimum atomic E-state index is -0.709. The molecule has 0 spiro atoms. The van der Waals surface area contributed by atoms with Crippen molar-refractivity contribution in [2.24, 2.45) is 0 Å². The summed E-state index contributed by atoms with van der Waals surface area (Å²) in [5, 5.41) is 20.1. The number of aromatic hydroxyl groups is 2. The van der Waals surface area contributed by atoms with Crippen molar-refractivity contribution in [2.75, 3.05) is 6.61 Å². The Morgan fingerprint density at radius 3 is 2.73 bits per heavy atom. The summed E-state index contributed by atoms with van der Waals surface area (Å²) in [6, 6.07) is 9.50. The van der Waals surface area contributed by atoms with Crippen LogP contribution in [-0.2, 0) is 4.74 Å². The third-order valence-corrected chi connectivity index (χ3v) is 3.13. The van der Waals surface area contributed by atoms with Gasteiger partial charge in [-0.2, -0.15) is 0 Å². The maximum atomic E-state index is 11.7. The minimum Gasteiger partial charge on any atom is -0.507 e. The smallest absolute Gasteiger partial charge is 0.342 e. The first-order valence-corrected chi connectivity index (χ1v) is 6.69. The highest BCUT2D eigenvalue weighted by atomic mass is 16.5. The number of fused-ring (bicyclic) bond motifs is 1. The number of esters is 1. The predicted octanol–water partition coefficient (Wildman–Crippen LogP) is 3.08. The van der Waals surface area contributed by atoms with Gasteiger partial charge in [-0.1, -0.05) is 12.1 Å². The average Bonchev–Trinajstić information content (AvgIpc) is 2.93. The molecule has 6 heteroatoms. The number of ether oxygens (including phenoxy) is 1. The standard InChI is InChI=1S/C16H13NO5/c1-2-21-16(20)10-8-12(18)9(7-13(10)19)15-17-11-5-3-4-6-14(11)22-15/h3-8,18-19H,2H2,1H3. The van der Waals surface area contributed by atoms with E-state index in [0.29, 0.717) is 11.1 Å². The lowest BCUT2D eigenvalue weighted by molar-refractivity contribution is 0.0522. The number of aromatic nitrogens is 1. The van der Waals surface area contributed by atoms with Gasteiger partial charge < -0.3 is 19.4 Å². The fourth-order valence-corrected chi connectivity index (χ4v) is 2.11. The first-order chi connectivity index (χ1) is 10.6. The van der Waals surface area contributed by atoms with Crippen molar-refractivity contribution < 1.29 is 24.2 Å². The van der Waals surface area contributed by atoms with E-state index in [1.165, 1.54) is 6.07 Å². The van der Waals surface area contributed by atoms with Crippen LogP contribution in [0.1, 0.15) is 17.3 Å². The van der Waals surface area contributed by atoms with Gasteiger partial charge in [0, 0.05) is 0 Å². The molecule has 22 heavy (non-hydrogen) atoms. The summed E-state index contributed by atoms with van der Waals surface area (Å²) < 4.78 is 10.3. The maximum absolute atomic E-state index is 11.7. The van der Waals surface area contributed by atoms with E-state index in [1.54, 1.807) is 25.1 Å². The Morgan fingerprint density at radius 2 is 2.00 bits per heavy atom. The van der Waals surface area contributed by atoms with Crippen LogP contribution in [0.4, 0.5) is 0 Å². The molecule has 3 aromatic rings. The number of phenols is 2. The van der Waals surface area contributed by atoms with Crippen molar-refractivity contribution in [1.29, 1.82) is 0 Å². The molecular weight excluding hydrogens is 286 g/mol. The molecule has 6 nitrogen and oxygen atoms in total. The number of hydrogen-bond donors (Lipinski definition) is 2. The van der Waals surface area contributed by atoms with Crippen LogP contribution in [0.25, 0.3) is 22.6 Å². The number of carbonyl (C=O) groups excluding carboxylic acids is 1. The lowest BCUT2D eigenvalue weighted by atomic mass is 10.1. The Hall–Kier alpha value is -3.02. The molecule has 1 heterocycles. The third-order valence-electron chi connectivity index (χ3n) is 3.13. The average molecular weight is 299 g/mol. The molecule has 2 N–H and O–H groups in total. The molecule has 112 valence electrons. The van der Waals surface area contributed by atoms with Gasteiger partial charge in [0.1, 0.15) is 22.6 Å². The number of oxazole rings is 1. The molecule has 0 aliphatic rings. The van der Waals surface area contributed by atoms with Crippen molar-refractivity contribution >= 4 is 17.1 Å². The van der Waals surface area contributed by atoms with Gasteiger partial charge in [-0.05, 0) is 31.2 Å². The zero-order valence-electron chi connectivity index (χ0n) is 11.7. The number of para-hydroxylation sites is 2. The lowest BCUT2D eigenvalue weighted by Crippen LogP contribution is -2.05. The van der Waals surface area contributed by atoms with Crippen LogP contribution < -0.4 is 0 Å². The van der Waals surface area contributed by atoms with Crippen molar-refractivity contribution in [1.82, 2.24) is 4.98 Å². The second-order valence-electron chi connectivity index (χ2n) is 4.59. The van der Waals surface area contributed by atoms with Crippen LogP contribution in [0.2, 0.25) is 0 Å². The minimum absolute atomic E-state index is 0.112. The van der Waals surface area contributed by atoms with E-state index >= 15 is 0 Å². The number of benzene rings is 2. The van der Waals surface area contributed by atoms with Gasteiger partial charge in [-0.25, -0.2) is 9.78 Å². The van der Waals surface area contributed by atoms with Gasteiger partial charge in [0.05, 0.1) is 12.2 Å². The Labute approximate surface area is 125 Å². The number of phenolic OH excluding ortho intramolecular Hbond substituents is 2. The van der Waals surface area contributed by atoms with Crippen LogP contribution in [-0.4, -0.2) is 27.8 Å². The number of carbonyl (C=O) groups is 1. The summed E-state index contributed by atoms with van der Waals surface area (Å²) in [5.74, 6) is -1.09. The van der Waals surface area contributed by atoms with E-state index in [1.807, 2.05) is 6.07 Å². The molecule has 0 radical (unpaired) electrons. The molecule has 0 bridgehead atoms. The molecule has 0 saturated carbocycles. The van der Waals surface area contributed by atoms with Crippen LogP contribution in [0.5, 0.6) is 11.5 Å². The number of rotatable bonds is 3. The highest BCUT2D eigenvalue weighted by Gasteiger charge is 2.19. The first-order valence-electron chi connectivity index (χ1n) is 6.69. The molecule has 0 fully saturated rings. The van der Waals surface area contributed by atoms with Gasteiger partial charge >= 0.3 is 5.97 Å².